The third-order valence-corrected chi connectivity index (χ3v) is 7.80. The van der Waals surface area contributed by atoms with Crippen LogP contribution >= 0.6 is 0 Å². The fourth-order valence-corrected chi connectivity index (χ4v) is 5.97. The molecule has 0 radical (unpaired) electrons. The van der Waals surface area contributed by atoms with Gasteiger partial charge < -0.3 is 19.9 Å². The van der Waals surface area contributed by atoms with Crippen molar-refractivity contribution in [2.45, 2.75) is 49.4 Å². The monoisotopic (exact) mass is 443 g/mol. The van der Waals surface area contributed by atoms with Crippen LogP contribution in [-0.2, 0) is 15.5 Å². The first kappa shape index (κ1) is 22.1. The van der Waals surface area contributed by atoms with E-state index in [9.17, 15) is 9.00 Å². The zero-order chi connectivity index (χ0) is 22.0. The number of likely N-dealkylation sites (tertiary alicyclic amines) is 1. The van der Waals surface area contributed by atoms with E-state index in [-0.39, 0.29) is 11.3 Å². The van der Waals surface area contributed by atoms with Gasteiger partial charge in [-0.3, -0.25) is 4.21 Å². The minimum atomic E-state index is -1.11. The van der Waals surface area contributed by atoms with Crippen molar-refractivity contribution in [2.75, 3.05) is 44.2 Å². The van der Waals surface area contributed by atoms with E-state index in [1.165, 1.54) is 11.1 Å². The number of amides is 1. The van der Waals surface area contributed by atoms with Gasteiger partial charge in [0.2, 0.25) is 0 Å². The van der Waals surface area contributed by atoms with Crippen molar-refractivity contribution < 1.29 is 13.7 Å². The van der Waals surface area contributed by atoms with Crippen molar-refractivity contribution in [2.24, 2.45) is 0 Å². The number of piperidine rings is 1. The van der Waals surface area contributed by atoms with Crippen molar-refractivity contribution in [3.63, 3.8) is 0 Å². The zero-order valence-electron chi connectivity index (χ0n) is 18.7. The number of hydrogen-bond donors (Lipinski definition) is 1. The fraction of sp³-hybridized carbons (Fsp3) is 0.542. The fourth-order valence-electron chi connectivity index (χ4n) is 4.37. The lowest BCUT2D eigenvalue weighted by molar-refractivity contribution is 0.0218. The number of ether oxygens (including phenoxy) is 1. The summed E-state index contributed by atoms with van der Waals surface area (Å²) in [6.07, 6.45) is 1.17. The van der Waals surface area contributed by atoms with Gasteiger partial charge in [0.25, 0.3) is 0 Å². The Morgan fingerprint density at radius 3 is 2.29 bits per heavy atom. The zero-order valence-corrected chi connectivity index (χ0v) is 19.5. The lowest BCUT2D eigenvalue weighted by Gasteiger charge is -2.33. The molecule has 2 heterocycles. The molecule has 2 aliphatic heterocycles. The summed E-state index contributed by atoms with van der Waals surface area (Å²) in [5, 5.41) is 5.69. The summed E-state index contributed by atoms with van der Waals surface area (Å²) in [4.78, 5) is 17.4. The number of anilines is 1. The van der Waals surface area contributed by atoms with Crippen LogP contribution in [0.3, 0.4) is 0 Å². The van der Waals surface area contributed by atoms with Gasteiger partial charge in [-0.25, -0.2) is 4.79 Å². The van der Waals surface area contributed by atoms with Crippen molar-refractivity contribution in [1.29, 1.82) is 0 Å². The van der Waals surface area contributed by atoms with Gasteiger partial charge in [-0.1, -0.05) is 24.3 Å². The molecule has 0 aliphatic carbocycles. The molecule has 1 unspecified atom stereocenters. The number of fused-ring (bicyclic) bond motifs is 1. The van der Waals surface area contributed by atoms with Gasteiger partial charge in [0.1, 0.15) is 5.60 Å². The molecule has 0 bridgehead atoms. The Hall–Kier alpha value is -2.12. The number of benzene rings is 2. The van der Waals surface area contributed by atoms with Crippen LogP contribution in [0.25, 0.3) is 10.8 Å². The first-order chi connectivity index (χ1) is 14.8. The molecule has 7 heteroatoms. The third kappa shape index (κ3) is 5.04. The minimum absolute atomic E-state index is 0.0483. The van der Waals surface area contributed by atoms with Crippen LogP contribution in [0.1, 0.15) is 33.6 Å². The van der Waals surface area contributed by atoms with Gasteiger partial charge in [-0.2, -0.15) is 0 Å². The Balaban J connectivity index is 1.51. The maximum absolute atomic E-state index is 13.6. The Morgan fingerprint density at radius 1 is 1.00 bits per heavy atom. The molecular weight excluding hydrogens is 410 g/mol. The molecule has 2 aromatic rings. The van der Waals surface area contributed by atoms with Crippen LogP contribution in [0.15, 0.2) is 41.3 Å². The molecule has 168 valence electrons. The van der Waals surface area contributed by atoms with Crippen LogP contribution in [0.2, 0.25) is 0 Å². The number of rotatable bonds is 3. The molecule has 4 rings (SSSR count). The van der Waals surface area contributed by atoms with E-state index in [4.69, 9.17) is 4.74 Å². The van der Waals surface area contributed by atoms with Crippen molar-refractivity contribution >= 4 is 33.4 Å². The Labute approximate surface area is 187 Å². The molecule has 1 atom stereocenters. The molecule has 6 nitrogen and oxygen atoms in total. The highest BCUT2D eigenvalue weighted by Gasteiger charge is 2.30. The van der Waals surface area contributed by atoms with Gasteiger partial charge in [0.05, 0.1) is 10.8 Å². The topological polar surface area (TPSA) is 61.9 Å². The van der Waals surface area contributed by atoms with E-state index in [1.807, 2.05) is 26.8 Å². The van der Waals surface area contributed by atoms with Crippen molar-refractivity contribution in [3.05, 3.63) is 36.4 Å². The highest BCUT2D eigenvalue weighted by atomic mass is 32.2. The van der Waals surface area contributed by atoms with E-state index in [0.29, 0.717) is 13.1 Å². The molecule has 1 N–H and O–H groups in total. The predicted octanol–water partition coefficient (Wildman–Crippen LogP) is 3.76. The van der Waals surface area contributed by atoms with Gasteiger partial charge in [0.15, 0.2) is 0 Å². The minimum Gasteiger partial charge on any atom is -0.444 e. The van der Waals surface area contributed by atoms with Gasteiger partial charge in [0, 0.05) is 60.5 Å². The quantitative estimate of drug-likeness (QED) is 0.783. The number of hydrogen-bond acceptors (Lipinski definition) is 5. The number of nitrogens with one attached hydrogen (secondary N) is 1. The summed E-state index contributed by atoms with van der Waals surface area (Å²) in [5.74, 6) is 0. The first-order valence-electron chi connectivity index (χ1n) is 11.2. The van der Waals surface area contributed by atoms with Gasteiger partial charge in [-0.05, 0) is 51.1 Å². The number of carbonyl (C=O) groups excluding carboxylic acids is 1. The lowest BCUT2D eigenvalue weighted by atomic mass is 10.1. The number of piperazine rings is 1. The SMILES string of the molecule is CC(C)(C)OC(=O)N1CCC(S(=O)c2ccc(N3CCNCC3)c3ccccc23)CC1. The van der Waals surface area contributed by atoms with Gasteiger partial charge in [-0.15, -0.1) is 0 Å². The molecule has 0 saturated carbocycles. The van der Waals surface area contributed by atoms with Gasteiger partial charge >= 0.3 is 6.09 Å². The van der Waals surface area contributed by atoms with Crippen LogP contribution in [0, 0.1) is 0 Å². The summed E-state index contributed by atoms with van der Waals surface area (Å²) >= 11 is 0. The molecule has 0 aromatic heterocycles. The Kier molecular flexibility index (Phi) is 6.53. The highest BCUT2D eigenvalue weighted by Crippen LogP contribution is 2.33. The normalized spacial score (nSPS) is 19.5. The standard InChI is InChI=1S/C24H33N3O3S/c1-24(2,3)30-23(28)27-14-10-18(11-15-27)31(29)22-9-8-21(26-16-12-25-13-17-26)19-6-4-5-7-20(19)22/h4-9,18,25H,10-17H2,1-3H3. The second-order valence-electron chi connectivity index (χ2n) is 9.33. The molecular formula is C24H33N3O3S. The molecule has 1 amide bonds. The number of nitrogens with zero attached hydrogens (tertiary/aromatic N) is 2. The molecule has 2 aromatic carbocycles. The maximum atomic E-state index is 13.6. The van der Waals surface area contributed by atoms with Crippen LogP contribution < -0.4 is 10.2 Å². The smallest absolute Gasteiger partial charge is 0.410 e. The third-order valence-electron chi connectivity index (χ3n) is 5.93. The van der Waals surface area contributed by atoms with Crippen molar-refractivity contribution in [3.8, 4) is 0 Å². The van der Waals surface area contributed by atoms with Crippen molar-refractivity contribution in [1.82, 2.24) is 10.2 Å². The van der Waals surface area contributed by atoms with E-state index in [2.05, 4.69) is 40.5 Å². The molecule has 2 fully saturated rings. The second kappa shape index (κ2) is 9.17. The summed E-state index contributed by atoms with van der Waals surface area (Å²) in [6, 6.07) is 12.5. The van der Waals surface area contributed by atoms with Crippen LogP contribution in [0.4, 0.5) is 10.5 Å². The average molecular weight is 444 g/mol. The van der Waals surface area contributed by atoms with E-state index >= 15 is 0 Å². The van der Waals surface area contributed by atoms with Crippen LogP contribution in [-0.4, -0.2) is 65.3 Å². The molecule has 2 saturated heterocycles. The van der Waals surface area contributed by atoms with Crippen LogP contribution in [0.5, 0.6) is 0 Å². The molecule has 31 heavy (non-hydrogen) atoms. The predicted molar refractivity (Wildman–Crippen MR) is 126 cm³/mol. The summed E-state index contributed by atoms with van der Waals surface area (Å²) in [6.45, 7) is 10.7. The largest absolute Gasteiger partial charge is 0.444 e. The molecule has 2 aliphatic rings. The average Bonchev–Trinajstić information content (AvgIpc) is 2.77. The summed E-state index contributed by atoms with van der Waals surface area (Å²) in [7, 11) is -1.11. The second-order valence-corrected chi connectivity index (χ2v) is 11.0. The van der Waals surface area contributed by atoms with E-state index in [0.717, 1.165) is 49.3 Å². The maximum Gasteiger partial charge on any atom is 0.410 e. The lowest BCUT2D eigenvalue weighted by Crippen LogP contribution is -2.44. The van der Waals surface area contributed by atoms with E-state index in [1.54, 1.807) is 4.90 Å². The highest BCUT2D eigenvalue weighted by molar-refractivity contribution is 7.86. The Morgan fingerprint density at radius 2 is 1.65 bits per heavy atom. The summed E-state index contributed by atoms with van der Waals surface area (Å²) < 4.78 is 19.0. The first-order valence-corrected chi connectivity index (χ1v) is 12.4. The summed E-state index contributed by atoms with van der Waals surface area (Å²) in [5.41, 5.74) is 0.722. The number of carbonyl (C=O) groups is 1. The molecule has 0 spiro atoms. The Bertz CT molecular complexity index is 958. The van der Waals surface area contributed by atoms with E-state index < -0.39 is 16.4 Å².